The van der Waals surface area contributed by atoms with Crippen LogP contribution in [0.25, 0.3) is 0 Å². The first kappa shape index (κ1) is 19.5. The fourth-order valence-corrected chi connectivity index (χ4v) is 3.33. The molecule has 0 unspecified atom stereocenters. The van der Waals surface area contributed by atoms with Crippen molar-refractivity contribution < 1.29 is 23.6 Å². The number of carbonyl (C=O) groups is 2. The first-order chi connectivity index (χ1) is 13.2. The van der Waals surface area contributed by atoms with Crippen LogP contribution in [0.3, 0.4) is 0 Å². The molecule has 0 aromatic heterocycles. The predicted molar refractivity (Wildman–Crippen MR) is 100 cm³/mol. The third-order valence-corrected chi connectivity index (χ3v) is 4.86. The van der Waals surface area contributed by atoms with E-state index >= 15 is 0 Å². The van der Waals surface area contributed by atoms with Crippen molar-refractivity contribution >= 4 is 23.1 Å². The van der Waals surface area contributed by atoms with Crippen molar-refractivity contribution in [3.05, 3.63) is 62.5 Å². The lowest BCUT2D eigenvalue weighted by atomic mass is 10.0. The van der Waals surface area contributed by atoms with Crippen molar-refractivity contribution in [1.82, 2.24) is 0 Å². The highest BCUT2D eigenvalue weighted by Crippen LogP contribution is 2.39. The maximum Gasteiger partial charge on any atom is 0.293 e. The largest absolute Gasteiger partial charge is 0.483 e. The highest BCUT2D eigenvalue weighted by Gasteiger charge is 2.32. The molecule has 8 heteroatoms. The second-order valence-corrected chi connectivity index (χ2v) is 6.91. The minimum atomic E-state index is -0.622. The molecule has 146 valence electrons. The summed E-state index contributed by atoms with van der Waals surface area (Å²) in [6.07, 6.45) is 0.188. The fraction of sp³-hybridized carbons (Fsp3) is 0.300. The Bertz CT molecular complexity index is 1000. The van der Waals surface area contributed by atoms with E-state index < -0.39 is 23.3 Å². The third kappa shape index (κ3) is 3.58. The van der Waals surface area contributed by atoms with Gasteiger partial charge in [-0.05, 0) is 49.1 Å². The molecule has 3 rings (SSSR count). The van der Waals surface area contributed by atoms with Crippen LogP contribution in [0, 0.1) is 29.8 Å². The summed E-state index contributed by atoms with van der Waals surface area (Å²) in [4.78, 5) is 35.1. The average molecular weight is 386 g/mol. The smallest absolute Gasteiger partial charge is 0.293 e. The third-order valence-electron chi connectivity index (χ3n) is 4.86. The number of ether oxygens (including phenoxy) is 1. The molecule has 0 heterocycles. The van der Waals surface area contributed by atoms with Gasteiger partial charge in [0.15, 0.2) is 12.4 Å². The Kier molecular flexibility index (Phi) is 5.13. The molecule has 0 radical (unpaired) electrons. The minimum absolute atomic E-state index is 0.0655. The van der Waals surface area contributed by atoms with Crippen molar-refractivity contribution in [3.63, 3.8) is 0 Å². The van der Waals surface area contributed by atoms with Crippen LogP contribution in [-0.2, 0) is 4.79 Å². The summed E-state index contributed by atoms with van der Waals surface area (Å²) < 4.78 is 19.5. The number of fused-ring (bicyclic) bond motifs is 1. The molecule has 0 aliphatic heterocycles. The summed E-state index contributed by atoms with van der Waals surface area (Å²) in [6, 6.07) is 5.43. The van der Waals surface area contributed by atoms with Crippen LogP contribution >= 0.6 is 0 Å². The Hall–Kier alpha value is -3.29. The number of hydrogen-bond acceptors (Lipinski definition) is 5. The zero-order chi connectivity index (χ0) is 20.6. The maximum absolute atomic E-state index is 14.0. The van der Waals surface area contributed by atoms with Gasteiger partial charge in [0.1, 0.15) is 17.3 Å². The van der Waals surface area contributed by atoms with Gasteiger partial charge in [0.2, 0.25) is 0 Å². The Labute approximate surface area is 160 Å². The molecule has 2 aromatic carbocycles. The number of halogens is 1. The molecule has 7 nitrogen and oxygen atoms in total. The summed E-state index contributed by atoms with van der Waals surface area (Å²) in [5, 5.41) is 13.7. The first-order valence-corrected chi connectivity index (χ1v) is 8.73. The SMILES string of the molecule is Cc1cc(NC(=O)COc2ccc(F)c3c2C(=O)C[C@H]3C)c([N+](=O)[O-])cc1C. The predicted octanol–water partition coefficient (Wildman–Crippen LogP) is 4.06. The molecule has 1 atom stereocenters. The number of benzene rings is 2. The molecule has 1 N–H and O–H groups in total. The van der Waals surface area contributed by atoms with Crippen molar-refractivity contribution in [2.45, 2.75) is 33.1 Å². The number of Topliss-reactive ketones (excluding diaryl/α,β-unsaturated/α-hetero) is 1. The van der Waals surface area contributed by atoms with Crippen LogP contribution in [0.15, 0.2) is 24.3 Å². The van der Waals surface area contributed by atoms with Gasteiger partial charge in [0.05, 0.1) is 10.5 Å². The number of nitro groups is 1. The summed E-state index contributed by atoms with van der Waals surface area (Å²) >= 11 is 0. The van der Waals surface area contributed by atoms with E-state index in [1.54, 1.807) is 20.8 Å². The molecule has 0 saturated carbocycles. The lowest BCUT2D eigenvalue weighted by Crippen LogP contribution is -2.21. The molecular weight excluding hydrogens is 367 g/mol. The zero-order valence-electron chi connectivity index (χ0n) is 15.7. The van der Waals surface area contributed by atoms with Crippen LogP contribution in [0.1, 0.15) is 46.3 Å². The second-order valence-electron chi connectivity index (χ2n) is 6.91. The van der Waals surface area contributed by atoms with Crippen molar-refractivity contribution in [2.75, 3.05) is 11.9 Å². The van der Waals surface area contributed by atoms with Gasteiger partial charge < -0.3 is 10.1 Å². The van der Waals surface area contributed by atoms with E-state index in [1.807, 2.05) is 0 Å². The van der Waals surface area contributed by atoms with Crippen molar-refractivity contribution in [2.24, 2.45) is 0 Å². The average Bonchev–Trinajstić information content (AvgIpc) is 2.92. The number of carbonyl (C=O) groups excluding carboxylic acids is 2. The Morgan fingerprint density at radius 2 is 2.00 bits per heavy atom. The van der Waals surface area contributed by atoms with Crippen molar-refractivity contribution in [1.29, 1.82) is 0 Å². The first-order valence-electron chi connectivity index (χ1n) is 8.73. The van der Waals surface area contributed by atoms with Crippen molar-refractivity contribution in [3.8, 4) is 5.75 Å². The van der Waals surface area contributed by atoms with E-state index in [1.165, 1.54) is 24.3 Å². The molecule has 1 aliphatic rings. The monoisotopic (exact) mass is 386 g/mol. The number of amides is 1. The summed E-state index contributed by atoms with van der Waals surface area (Å²) in [5.74, 6) is -1.45. The highest BCUT2D eigenvalue weighted by atomic mass is 19.1. The van der Waals surface area contributed by atoms with E-state index in [0.717, 1.165) is 11.1 Å². The van der Waals surface area contributed by atoms with Gasteiger partial charge in [-0.15, -0.1) is 0 Å². The van der Waals surface area contributed by atoms with Gasteiger partial charge in [0.25, 0.3) is 11.6 Å². The molecule has 0 fully saturated rings. The Morgan fingerprint density at radius 3 is 2.68 bits per heavy atom. The number of nitrogens with one attached hydrogen (secondary N) is 1. The van der Waals surface area contributed by atoms with Crippen LogP contribution in [0.2, 0.25) is 0 Å². The highest BCUT2D eigenvalue weighted by molar-refractivity contribution is 6.04. The standard InChI is InChI=1S/C20H19FN2O5/c1-10-6-14(15(23(26)27)7-11(10)2)22-18(25)9-28-17-5-4-13(21)19-12(3)8-16(24)20(17)19/h4-7,12H,8-9H2,1-3H3,(H,22,25)/t12-/m1/s1. The molecule has 2 aromatic rings. The molecule has 0 spiro atoms. The van der Waals surface area contributed by atoms with Crippen LogP contribution in [-0.4, -0.2) is 23.2 Å². The number of nitrogens with zero attached hydrogens (tertiary/aromatic N) is 1. The van der Waals surface area contributed by atoms with Gasteiger partial charge in [-0.2, -0.15) is 0 Å². The van der Waals surface area contributed by atoms with Gasteiger partial charge in [-0.1, -0.05) is 6.92 Å². The topological polar surface area (TPSA) is 98.5 Å². The van der Waals surface area contributed by atoms with E-state index in [0.29, 0.717) is 5.56 Å². The van der Waals surface area contributed by atoms with Gasteiger partial charge in [0, 0.05) is 18.1 Å². The number of ketones is 1. The maximum atomic E-state index is 14.0. The van der Waals surface area contributed by atoms with Crippen LogP contribution in [0.5, 0.6) is 5.75 Å². The summed E-state index contributed by atoms with van der Waals surface area (Å²) in [6.45, 7) is 4.80. The number of nitro benzene ring substituents is 1. The van der Waals surface area contributed by atoms with Gasteiger partial charge >= 0.3 is 0 Å². The Balaban J connectivity index is 1.78. The number of hydrogen-bond donors (Lipinski definition) is 1. The lowest BCUT2D eigenvalue weighted by molar-refractivity contribution is -0.384. The molecule has 1 aliphatic carbocycles. The van der Waals surface area contributed by atoms with Crippen LogP contribution < -0.4 is 10.1 Å². The van der Waals surface area contributed by atoms with E-state index in [-0.39, 0.29) is 40.8 Å². The summed E-state index contributed by atoms with van der Waals surface area (Å²) in [5.41, 5.74) is 1.83. The van der Waals surface area contributed by atoms with Gasteiger partial charge in [-0.25, -0.2) is 4.39 Å². The number of rotatable bonds is 5. The van der Waals surface area contributed by atoms with E-state index in [4.69, 9.17) is 4.74 Å². The lowest BCUT2D eigenvalue weighted by Gasteiger charge is -2.12. The zero-order valence-corrected chi connectivity index (χ0v) is 15.7. The molecule has 0 saturated heterocycles. The molecule has 1 amide bonds. The minimum Gasteiger partial charge on any atom is -0.483 e. The summed E-state index contributed by atoms with van der Waals surface area (Å²) in [7, 11) is 0. The fourth-order valence-electron chi connectivity index (χ4n) is 3.33. The Morgan fingerprint density at radius 1 is 1.32 bits per heavy atom. The number of aryl methyl sites for hydroxylation is 2. The molecule has 28 heavy (non-hydrogen) atoms. The molecular formula is C20H19FN2O5. The van der Waals surface area contributed by atoms with E-state index in [9.17, 15) is 24.1 Å². The van der Waals surface area contributed by atoms with E-state index in [2.05, 4.69) is 5.32 Å². The van der Waals surface area contributed by atoms with Crippen LogP contribution in [0.4, 0.5) is 15.8 Å². The quantitative estimate of drug-likeness (QED) is 0.617. The molecule has 0 bridgehead atoms. The normalized spacial score (nSPS) is 15.3. The number of anilines is 1. The van der Waals surface area contributed by atoms with Gasteiger partial charge in [-0.3, -0.25) is 19.7 Å². The second kappa shape index (κ2) is 7.38.